The number of allylic oxidation sites excluding steroid dienone is 1. The van der Waals surface area contributed by atoms with E-state index in [0.29, 0.717) is 11.8 Å². The summed E-state index contributed by atoms with van der Waals surface area (Å²) in [6, 6.07) is 24.6. The summed E-state index contributed by atoms with van der Waals surface area (Å²) in [4.78, 5) is 0. The van der Waals surface area contributed by atoms with Crippen molar-refractivity contribution in [1.82, 2.24) is 0 Å². The van der Waals surface area contributed by atoms with Gasteiger partial charge >= 0.3 is 0 Å². The summed E-state index contributed by atoms with van der Waals surface area (Å²) in [5, 5.41) is 0. The molecule has 0 radical (unpaired) electrons. The summed E-state index contributed by atoms with van der Waals surface area (Å²) < 4.78 is 0. The first-order chi connectivity index (χ1) is 12.3. The van der Waals surface area contributed by atoms with Crippen molar-refractivity contribution in [3.8, 4) is 11.1 Å². The highest BCUT2D eigenvalue weighted by Crippen LogP contribution is 2.41. The SMILES string of the molecule is CC(Cc1cccc2c1Cc1ccccc1-2)C1C=Cc2ccccc21. The lowest BCUT2D eigenvalue weighted by Crippen LogP contribution is -2.10. The van der Waals surface area contributed by atoms with Crippen LogP contribution in [0.15, 0.2) is 72.8 Å². The van der Waals surface area contributed by atoms with Gasteiger partial charge in [0.15, 0.2) is 0 Å². The van der Waals surface area contributed by atoms with Crippen LogP contribution in [0.4, 0.5) is 0 Å². The topological polar surface area (TPSA) is 0 Å². The van der Waals surface area contributed by atoms with Gasteiger partial charge < -0.3 is 0 Å². The van der Waals surface area contributed by atoms with Gasteiger partial charge in [-0.1, -0.05) is 85.8 Å². The zero-order valence-electron chi connectivity index (χ0n) is 14.6. The van der Waals surface area contributed by atoms with Crippen LogP contribution in [0.1, 0.15) is 40.7 Å². The highest BCUT2D eigenvalue weighted by molar-refractivity contribution is 5.77. The summed E-state index contributed by atoms with van der Waals surface area (Å²) >= 11 is 0. The van der Waals surface area contributed by atoms with E-state index >= 15 is 0 Å². The molecule has 2 aliphatic rings. The summed E-state index contributed by atoms with van der Waals surface area (Å²) in [6.07, 6.45) is 6.92. The van der Waals surface area contributed by atoms with E-state index in [2.05, 4.69) is 85.8 Å². The minimum absolute atomic E-state index is 0.538. The maximum absolute atomic E-state index is 2.40. The Labute approximate surface area is 149 Å². The molecule has 3 aromatic rings. The second-order valence-corrected chi connectivity index (χ2v) is 7.47. The minimum Gasteiger partial charge on any atom is -0.0761 e. The van der Waals surface area contributed by atoms with Gasteiger partial charge in [0.25, 0.3) is 0 Å². The van der Waals surface area contributed by atoms with Crippen molar-refractivity contribution in [2.24, 2.45) is 5.92 Å². The van der Waals surface area contributed by atoms with Gasteiger partial charge in [-0.2, -0.15) is 0 Å². The van der Waals surface area contributed by atoms with Crippen LogP contribution in [0.2, 0.25) is 0 Å². The van der Waals surface area contributed by atoms with Gasteiger partial charge in [-0.05, 0) is 57.7 Å². The number of rotatable bonds is 3. The molecule has 25 heavy (non-hydrogen) atoms. The summed E-state index contributed by atoms with van der Waals surface area (Å²) in [5.41, 5.74) is 10.3. The van der Waals surface area contributed by atoms with E-state index in [-0.39, 0.29) is 0 Å². The molecule has 0 heterocycles. The first-order valence-corrected chi connectivity index (χ1v) is 9.27. The molecular formula is C25H22. The molecule has 0 aromatic heterocycles. The van der Waals surface area contributed by atoms with E-state index in [4.69, 9.17) is 0 Å². The second kappa shape index (κ2) is 5.74. The molecule has 0 amide bonds. The van der Waals surface area contributed by atoms with Crippen molar-refractivity contribution in [2.75, 3.05) is 0 Å². The number of hydrogen-bond donors (Lipinski definition) is 0. The van der Waals surface area contributed by atoms with Gasteiger partial charge in [0.05, 0.1) is 0 Å². The van der Waals surface area contributed by atoms with Gasteiger partial charge in [-0.15, -0.1) is 0 Å². The van der Waals surface area contributed by atoms with Gasteiger partial charge in [0, 0.05) is 5.92 Å². The van der Waals surface area contributed by atoms with Crippen molar-refractivity contribution in [3.05, 3.63) is 101 Å². The number of fused-ring (bicyclic) bond motifs is 4. The van der Waals surface area contributed by atoms with E-state index in [1.54, 1.807) is 5.56 Å². The normalized spacial score (nSPS) is 17.9. The van der Waals surface area contributed by atoms with Crippen LogP contribution in [0.25, 0.3) is 17.2 Å². The smallest absolute Gasteiger partial charge is 0.00560 e. The predicted octanol–water partition coefficient (Wildman–Crippen LogP) is 6.25. The predicted molar refractivity (Wildman–Crippen MR) is 106 cm³/mol. The lowest BCUT2D eigenvalue weighted by Gasteiger charge is -2.21. The highest BCUT2D eigenvalue weighted by atomic mass is 14.3. The molecule has 0 nitrogen and oxygen atoms in total. The zero-order valence-corrected chi connectivity index (χ0v) is 14.6. The first kappa shape index (κ1) is 14.7. The van der Waals surface area contributed by atoms with E-state index in [1.165, 1.54) is 33.4 Å². The molecule has 2 aliphatic carbocycles. The standard InChI is InChI=1S/C25H22/c1-17(21-14-13-18-7-2-4-10-22(18)21)15-19-9-6-12-24-23-11-5-3-8-20(23)16-25(19)24/h2-14,17,21H,15-16H2,1H3. The molecule has 5 rings (SSSR count). The molecule has 0 heteroatoms. The van der Waals surface area contributed by atoms with Crippen LogP contribution >= 0.6 is 0 Å². The van der Waals surface area contributed by atoms with Gasteiger partial charge in [-0.3, -0.25) is 0 Å². The third-order valence-corrected chi connectivity index (χ3v) is 5.94. The molecule has 0 saturated heterocycles. The van der Waals surface area contributed by atoms with Crippen LogP contribution in [-0.4, -0.2) is 0 Å². The van der Waals surface area contributed by atoms with Crippen LogP contribution in [0.5, 0.6) is 0 Å². The molecule has 2 unspecified atom stereocenters. The fourth-order valence-electron chi connectivity index (χ4n) is 4.66. The fourth-order valence-corrected chi connectivity index (χ4v) is 4.66. The van der Waals surface area contributed by atoms with Crippen molar-refractivity contribution in [2.45, 2.75) is 25.7 Å². The largest absolute Gasteiger partial charge is 0.0761 e. The lowest BCUT2D eigenvalue weighted by molar-refractivity contribution is 0.524. The monoisotopic (exact) mass is 322 g/mol. The van der Waals surface area contributed by atoms with Crippen LogP contribution in [0.3, 0.4) is 0 Å². The molecular weight excluding hydrogens is 300 g/mol. The molecule has 0 spiro atoms. The van der Waals surface area contributed by atoms with E-state index in [0.717, 1.165) is 12.8 Å². The minimum atomic E-state index is 0.538. The lowest BCUT2D eigenvalue weighted by atomic mass is 9.83. The Bertz CT molecular complexity index is 977. The van der Waals surface area contributed by atoms with Crippen molar-refractivity contribution in [3.63, 3.8) is 0 Å². The molecule has 3 aromatic carbocycles. The molecule has 0 fully saturated rings. The Balaban J connectivity index is 1.46. The summed E-state index contributed by atoms with van der Waals surface area (Å²) in [7, 11) is 0. The highest BCUT2D eigenvalue weighted by Gasteiger charge is 2.25. The van der Waals surface area contributed by atoms with Crippen molar-refractivity contribution in [1.29, 1.82) is 0 Å². The van der Waals surface area contributed by atoms with Crippen LogP contribution < -0.4 is 0 Å². The Hall–Kier alpha value is -2.60. The quantitative estimate of drug-likeness (QED) is 0.418. The Morgan fingerprint density at radius 2 is 1.68 bits per heavy atom. The Kier molecular flexibility index (Phi) is 3.38. The zero-order chi connectivity index (χ0) is 16.8. The van der Waals surface area contributed by atoms with E-state index in [1.807, 2.05) is 0 Å². The molecule has 0 N–H and O–H groups in total. The van der Waals surface area contributed by atoms with E-state index < -0.39 is 0 Å². The Morgan fingerprint density at radius 3 is 2.64 bits per heavy atom. The molecule has 2 atom stereocenters. The number of benzene rings is 3. The maximum atomic E-state index is 2.40. The van der Waals surface area contributed by atoms with E-state index in [9.17, 15) is 0 Å². The second-order valence-electron chi connectivity index (χ2n) is 7.47. The average Bonchev–Trinajstić information content (AvgIpc) is 3.24. The van der Waals surface area contributed by atoms with Gasteiger partial charge in [-0.25, -0.2) is 0 Å². The van der Waals surface area contributed by atoms with Crippen LogP contribution in [-0.2, 0) is 12.8 Å². The molecule has 0 saturated carbocycles. The molecule has 0 aliphatic heterocycles. The van der Waals surface area contributed by atoms with Gasteiger partial charge in [0.1, 0.15) is 0 Å². The Morgan fingerprint density at radius 1 is 0.880 bits per heavy atom. The maximum Gasteiger partial charge on any atom is 0.00560 e. The molecule has 0 bridgehead atoms. The summed E-state index contributed by atoms with van der Waals surface area (Å²) in [6.45, 7) is 2.40. The fraction of sp³-hybridized carbons (Fsp3) is 0.200. The average molecular weight is 322 g/mol. The van der Waals surface area contributed by atoms with Gasteiger partial charge in [0.2, 0.25) is 0 Å². The summed E-state index contributed by atoms with van der Waals surface area (Å²) in [5.74, 6) is 1.14. The third-order valence-electron chi connectivity index (χ3n) is 5.94. The molecule has 122 valence electrons. The third kappa shape index (κ3) is 2.36. The first-order valence-electron chi connectivity index (χ1n) is 9.27. The van der Waals surface area contributed by atoms with Crippen molar-refractivity contribution >= 4 is 6.08 Å². The van der Waals surface area contributed by atoms with Crippen molar-refractivity contribution < 1.29 is 0 Å². The number of hydrogen-bond acceptors (Lipinski definition) is 0. The van der Waals surface area contributed by atoms with Crippen LogP contribution in [0, 0.1) is 5.92 Å².